The monoisotopic (exact) mass is 357 g/mol. The summed E-state index contributed by atoms with van der Waals surface area (Å²) in [6, 6.07) is 5.53. The summed E-state index contributed by atoms with van der Waals surface area (Å²) in [5.74, 6) is 1.24. The van der Waals surface area contributed by atoms with E-state index < -0.39 is 0 Å². The van der Waals surface area contributed by atoms with Gasteiger partial charge in [-0.2, -0.15) is 0 Å². The van der Waals surface area contributed by atoms with Crippen LogP contribution in [-0.4, -0.2) is 16.2 Å². The van der Waals surface area contributed by atoms with Crippen molar-refractivity contribution in [3.05, 3.63) is 46.7 Å². The van der Waals surface area contributed by atoms with Crippen LogP contribution in [0.1, 0.15) is 31.3 Å². The number of ether oxygens (including phenoxy) is 1. The Hall–Kier alpha value is -0.680. The predicted molar refractivity (Wildman–Crippen MR) is 92.9 cm³/mol. The molecule has 3 nitrogen and oxygen atoms in total. The second kappa shape index (κ2) is 7.73. The van der Waals surface area contributed by atoms with Crippen LogP contribution in [0.5, 0.6) is 0 Å². The molecule has 0 amide bonds. The molecule has 0 saturated carbocycles. The third-order valence-electron chi connectivity index (χ3n) is 3.10. The van der Waals surface area contributed by atoms with Gasteiger partial charge in [0.15, 0.2) is 0 Å². The van der Waals surface area contributed by atoms with Crippen molar-refractivity contribution in [3.63, 3.8) is 0 Å². The first kappa shape index (κ1) is 17.7. The molecule has 0 aliphatic heterocycles. The number of nitrogens with zero attached hydrogens (tertiary/aromatic N) is 2. The molecule has 1 aromatic heterocycles. The van der Waals surface area contributed by atoms with E-state index in [1.54, 1.807) is 17.8 Å². The molecule has 0 N–H and O–H groups in total. The molecule has 0 saturated heterocycles. The maximum atomic E-state index is 6.09. The lowest BCUT2D eigenvalue weighted by Gasteiger charge is -2.12. The highest BCUT2D eigenvalue weighted by molar-refractivity contribution is 7.99. The van der Waals surface area contributed by atoms with Crippen molar-refractivity contribution in [2.75, 3.05) is 6.61 Å². The molecule has 0 bridgehead atoms. The van der Waals surface area contributed by atoms with Gasteiger partial charge in [-0.1, -0.05) is 48.8 Å². The minimum atomic E-state index is 0.317. The summed E-state index contributed by atoms with van der Waals surface area (Å²) in [6.07, 6.45) is 0. The summed E-state index contributed by atoms with van der Waals surface area (Å²) in [7, 11) is 0. The minimum absolute atomic E-state index is 0.317. The Morgan fingerprint density at radius 1 is 1.27 bits per heavy atom. The van der Waals surface area contributed by atoms with Crippen LogP contribution in [0.4, 0.5) is 0 Å². The number of aromatic nitrogens is 2. The van der Waals surface area contributed by atoms with Crippen molar-refractivity contribution >= 4 is 35.0 Å². The van der Waals surface area contributed by atoms with Gasteiger partial charge in [-0.25, -0.2) is 4.98 Å². The van der Waals surface area contributed by atoms with Crippen LogP contribution < -0.4 is 0 Å². The molecule has 1 heterocycles. The Morgan fingerprint density at radius 2 is 1.91 bits per heavy atom. The van der Waals surface area contributed by atoms with Gasteiger partial charge in [-0.3, -0.25) is 4.57 Å². The molecule has 6 heteroatoms. The first-order valence-corrected chi connectivity index (χ1v) is 8.57. The Labute approximate surface area is 146 Å². The Balaban J connectivity index is 2.42. The van der Waals surface area contributed by atoms with E-state index in [4.69, 9.17) is 27.9 Å². The fourth-order valence-electron chi connectivity index (χ4n) is 2.06. The van der Waals surface area contributed by atoms with Gasteiger partial charge >= 0.3 is 0 Å². The van der Waals surface area contributed by atoms with Crippen LogP contribution in [0.25, 0.3) is 0 Å². The van der Waals surface area contributed by atoms with Gasteiger partial charge in [-0.05, 0) is 38.0 Å². The molecule has 0 unspecified atom stereocenters. The summed E-state index contributed by atoms with van der Waals surface area (Å²) < 4.78 is 7.52. The normalized spacial score (nSPS) is 11.4. The summed E-state index contributed by atoms with van der Waals surface area (Å²) in [6.45, 7) is 10.8. The zero-order valence-electron chi connectivity index (χ0n) is 12.9. The average Bonchev–Trinajstić information content (AvgIpc) is 2.72. The maximum Gasteiger partial charge on any atom is 0.125 e. The Kier molecular flexibility index (Phi) is 6.21. The molecule has 0 spiro atoms. The van der Waals surface area contributed by atoms with Crippen LogP contribution in [0.2, 0.25) is 10.0 Å². The first-order chi connectivity index (χ1) is 10.4. The number of hydrogen-bond donors (Lipinski definition) is 0. The summed E-state index contributed by atoms with van der Waals surface area (Å²) in [5, 5.41) is 2.30. The molecule has 0 fully saturated rings. The highest BCUT2D eigenvalue weighted by Crippen LogP contribution is 2.37. The van der Waals surface area contributed by atoms with Crippen molar-refractivity contribution in [2.24, 2.45) is 0 Å². The maximum absolute atomic E-state index is 6.09. The van der Waals surface area contributed by atoms with E-state index in [2.05, 4.69) is 30.3 Å². The third-order valence-corrected chi connectivity index (χ3v) is 4.63. The van der Waals surface area contributed by atoms with Gasteiger partial charge in [-0.15, -0.1) is 0 Å². The van der Waals surface area contributed by atoms with Gasteiger partial charge in [0.25, 0.3) is 0 Å². The van der Waals surface area contributed by atoms with E-state index in [0.717, 1.165) is 21.4 Å². The SMILES string of the molecule is [CH2]COCn1c(C)nc(C(C)C)c1Sc1cc(Cl)cc(Cl)c1. The van der Waals surface area contributed by atoms with Crippen molar-refractivity contribution in [1.82, 2.24) is 9.55 Å². The quantitative estimate of drug-likeness (QED) is 0.674. The lowest BCUT2D eigenvalue weighted by Crippen LogP contribution is -2.06. The van der Waals surface area contributed by atoms with Crippen molar-refractivity contribution < 1.29 is 4.74 Å². The molecule has 1 radical (unpaired) electrons. The number of halogens is 2. The zero-order valence-corrected chi connectivity index (χ0v) is 15.2. The average molecular weight is 358 g/mol. The Morgan fingerprint density at radius 3 is 2.45 bits per heavy atom. The lowest BCUT2D eigenvalue weighted by atomic mass is 10.2. The summed E-state index contributed by atoms with van der Waals surface area (Å²) in [5.41, 5.74) is 1.05. The molecule has 0 aliphatic carbocycles. The Bertz CT molecular complexity index is 636. The largest absolute Gasteiger partial charge is 0.361 e. The predicted octanol–water partition coefficient (Wildman–Crippen LogP) is 5.58. The van der Waals surface area contributed by atoms with Gasteiger partial charge in [0.2, 0.25) is 0 Å². The lowest BCUT2D eigenvalue weighted by molar-refractivity contribution is 0.0917. The van der Waals surface area contributed by atoms with Crippen molar-refractivity contribution in [3.8, 4) is 0 Å². The van der Waals surface area contributed by atoms with Crippen LogP contribution in [0.3, 0.4) is 0 Å². The topological polar surface area (TPSA) is 27.1 Å². The minimum Gasteiger partial charge on any atom is -0.361 e. The van der Waals surface area contributed by atoms with Gasteiger partial charge in [0, 0.05) is 21.5 Å². The van der Waals surface area contributed by atoms with E-state index in [9.17, 15) is 0 Å². The highest BCUT2D eigenvalue weighted by Gasteiger charge is 2.18. The number of aryl methyl sites for hydroxylation is 1. The molecular weight excluding hydrogens is 339 g/mol. The summed E-state index contributed by atoms with van der Waals surface area (Å²) >= 11 is 13.8. The summed E-state index contributed by atoms with van der Waals surface area (Å²) in [4.78, 5) is 5.66. The molecule has 22 heavy (non-hydrogen) atoms. The number of imidazole rings is 1. The number of hydrogen-bond acceptors (Lipinski definition) is 3. The molecule has 1 aromatic carbocycles. The second-order valence-electron chi connectivity index (χ2n) is 5.18. The first-order valence-electron chi connectivity index (χ1n) is 7.00. The van der Waals surface area contributed by atoms with Gasteiger partial charge in [0.05, 0.1) is 5.69 Å². The smallest absolute Gasteiger partial charge is 0.125 e. The van der Waals surface area contributed by atoms with Gasteiger partial charge < -0.3 is 4.74 Å². The van der Waals surface area contributed by atoms with Gasteiger partial charge in [0.1, 0.15) is 17.6 Å². The van der Waals surface area contributed by atoms with E-state index >= 15 is 0 Å². The molecule has 0 aliphatic rings. The van der Waals surface area contributed by atoms with E-state index in [-0.39, 0.29) is 0 Å². The van der Waals surface area contributed by atoms with Crippen molar-refractivity contribution in [1.29, 1.82) is 0 Å². The standard InChI is InChI=1S/C16H19Cl2N2OS/c1-5-21-9-20-11(4)19-15(10(2)3)16(20)22-14-7-12(17)6-13(18)8-14/h6-8,10H,1,5,9H2,2-4H3. The van der Waals surface area contributed by atoms with E-state index in [0.29, 0.717) is 29.3 Å². The molecule has 2 rings (SSSR count). The van der Waals surface area contributed by atoms with Crippen LogP contribution in [0, 0.1) is 13.8 Å². The fourth-order valence-corrected chi connectivity index (χ4v) is 3.99. The number of benzene rings is 1. The molecule has 0 atom stereocenters. The highest BCUT2D eigenvalue weighted by atomic mass is 35.5. The van der Waals surface area contributed by atoms with Crippen LogP contribution in [0.15, 0.2) is 28.1 Å². The van der Waals surface area contributed by atoms with Crippen molar-refractivity contribution in [2.45, 2.75) is 43.3 Å². The van der Waals surface area contributed by atoms with E-state index in [1.165, 1.54) is 0 Å². The van der Waals surface area contributed by atoms with Crippen LogP contribution in [-0.2, 0) is 11.5 Å². The van der Waals surface area contributed by atoms with Crippen LogP contribution >= 0.6 is 35.0 Å². The third kappa shape index (κ3) is 4.19. The zero-order chi connectivity index (χ0) is 16.3. The number of rotatable bonds is 6. The molecular formula is C16H19Cl2N2OS. The molecule has 2 aromatic rings. The second-order valence-corrected chi connectivity index (χ2v) is 7.11. The molecule has 119 valence electrons. The fraction of sp³-hybridized carbons (Fsp3) is 0.375. The van der Waals surface area contributed by atoms with E-state index in [1.807, 2.05) is 19.1 Å².